The number of ether oxygens (including phenoxy) is 1. The molecule has 3 rings (SSSR count). The van der Waals surface area contributed by atoms with Crippen LogP contribution in [0.4, 0.5) is 0 Å². The first kappa shape index (κ1) is 23.8. The molecule has 1 atom stereocenters. The van der Waals surface area contributed by atoms with Crippen LogP contribution in [0.1, 0.15) is 94.9 Å². The Morgan fingerprint density at radius 3 is 2.26 bits per heavy atom. The Kier molecular flexibility index (Phi) is 9.39. The molecule has 0 fully saturated rings. The monoisotopic (exact) mass is 423 g/mol. The molecule has 31 heavy (non-hydrogen) atoms. The summed E-state index contributed by atoms with van der Waals surface area (Å²) < 4.78 is 6.00. The molecule has 2 aromatic carbocycles. The fraction of sp³-hybridized carbons (Fsp3) is 0.607. The van der Waals surface area contributed by atoms with Gasteiger partial charge in [0.05, 0.1) is 0 Å². The molecule has 0 spiro atoms. The van der Waals surface area contributed by atoms with Crippen molar-refractivity contribution in [3.63, 3.8) is 0 Å². The Bertz CT molecular complexity index is 834. The van der Waals surface area contributed by atoms with Gasteiger partial charge in [0, 0.05) is 19.0 Å². The molecule has 170 valence electrons. The molecule has 3 nitrogen and oxygen atoms in total. The first-order chi connectivity index (χ1) is 15.1. The SMILES string of the molecule is CCCCCN(CCCCC)C[C@H](OC(C)=O)c1cc2c(c3ccccc13)CCCC2. The zero-order chi connectivity index (χ0) is 22.1. The Hall–Kier alpha value is -1.87. The van der Waals surface area contributed by atoms with Crippen LogP contribution >= 0.6 is 0 Å². The van der Waals surface area contributed by atoms with Gasteiger partial charge in [0.2, 0.25) is 0 Å². The molecule has 0 saturated heterocycles. The average molecular weight is 424 g/mol. The second-order valence-electron chi connectivity index (χ2n) is 9.17. The summed E-state index contributed by atoms with van der Waals surface area (Å²) in [6, 6.07) is 11.1. The molecule has 1 aliphatic rings. The average Bonchev–Trinajstić information content (AvgIpc) is 2.78. The summed E-state index contributed by atoms with van der Waals surface area (Å²) in [4.78, 5) is 14.6. The third-order valence-electron chi connectivity index (χ3n) is 6.64. The predicted molar refractivity (Wildman–Crippen MR) is 131 cm³/mol. The largest absolute Gasteiger partial charge is 0.456 e. The maximum Gasteiger partial charge on any atom is 0.303 e. The second kappa shape index (κ2) is 12.2. The summed E-state index contributed by atoms with van der Waals surface area (Å²) in [6.07, 6.45) is 12.0. The van der Waals surface area contributed by atoms with Crippen LogP contribution in [0.3, 0.4) is 0 Å². The molecule has 0 aromatic heterocycles. The molecule has 1 aliphatic carbocycles. The van der Waals surface area contributed by atoms with E-state index in [1.54, 1.807) is 6.92 Å². The quantitative estimate of drug-likeness (QED) is 0.272. The van der Waals surface area contributed by atoms with Gasteiger partial charge in [-0.3, -0.25) is 9.69 Å². The second-order valence-corrected chi connectivity index (χ2v) is 9.17. The van der Waals surface area contributed by atoms with E-state index in [9.17, 15) is 4.79 Å². The number of carbonyl (C=O) groups excluding carboxylic acids is 1. The molecule has 3 heteroatoms. The van der Waals surface area contributed by atoms with E-state index < -0.39 is 0 Å². The molecule has 0 radical (unpaired) electrons. The maximum absolute atomic E-state index is 12.1. The first-order valence-electron chi connectivity index (χ1n) is 12.6. The van der Waals surface area contributed by atoms with Crippen LogP contribution in [0, 0.1) is 0 Å². The summed E-state index contributed by atoms with van der Waals surface area (Å²) in [5, 5.41) is 2.62. The van der Waals surface area contributed by atoms with Crippen LogP contribution in [0.5, 0.6) is 0 Å². The van der Waals surface area contributed by atoms with Gasteiger partial charge in [0.25, 0.3) is 0 Å². The number of nitrogens with zero attached hydrogens (tertiary/aromatic N) is 1. The Labute approximate surface area is 189 Å². The molecule has 2 aromatic rings. The number of unbranched alkanes of at least 4 members (excludes halogenated alkanes) is 4. The number of hydrogen-bond acceptors (Lipinski definition) is 3. The third kappa shape index (κ3) is 6.55. The van der Waals surface area contributed by atoms with E-state index in [1.165, 1.54) is 78.8 Å². The Morgan fingerprint density at radius 2 is 1.61 bits per heavy atom. The van der Waals surface area contributed by atoms with Crippen LogP contribution in [-0.2, 0) is 22.4 Å². The minimum atomic E-state index is -0.210. The smallest absolute Gasteiger partial charge is 0.303 e. The van der Waals surface area contributed by atoms with Gasteiger partial charge >= 0.3 is 5.97 Å². The van der Waals surface area contributed by atoms with E-state index in [0.29, 0.717) is 0 Å². The number of carbonyl (C=O) groups is 1. The van der Waals surface area contributed by atoms with Gasteiger partial charge < -0.3 is 4.74 Å². The summed E-state index contributed by atoms with van der Waals surface area (Å²) in [7, 11) is 0. The van der Waals surface area contributed by atoms with Crippen molar-refractivity contribution < 1.29 is 9.53 Å². The minimum absolute atomic E-state index is 0.186. The highest BCUT2D eigenvalue weighted by atomic mass is 16.5. The molecule has 0 aliphatic heterocycles. The maximum atomic E-state index is 12.1. The third-order valence-corrected chi connectivity index (χ3v) is 6.64. The van der Waals surface area contributed by atoms with E-state index in [4.69, 9.17) is 4.74 Å². The van der Waals surface area contributed by atoms with E-state index in [2.05, 4.69) is 49.1 Å². The van der Waals surface area contributed by atoms with E-state index in [0.717, 1.165) is 32.5 Å². The van der Waals surface area contributed by atoms with Gasteiger partial charge in [0.15, 0.2) is 0 Å². The Morgan fingerprint density at radius 1 is 0.968 bits per heavy atom. The minimum Gasteiger partial charge on any atom is -0.456 e. The number of benzene rings is 2. The lowest BCUT2D eigenvalue weighted by Crippen LogP contribution is -2.32. The van der Waals surface area contributed by atoms with Gasteiger partial charge in [-0.15, -0.1) is 0 Å². The standard InChI is InChI=1S/C28H41NO2/c1-4-6-12-18-29(19-13-7-5-2)21-28(31-22(3)30)27-20-23-14-8-9-15-24(23)25-16-10-11-17-26(25)27/h10-11,16-17,20,28H,4-9,12-15,18-19,21H2,1-3H3/t28-/m0/s1. The van der Waals surface area contributed by atoms with Crippen molar-refractivity contribution in [2.24, 2.45) is 0 Å². The van der Waals surface area contributed by atoms with E-state index >= 15 is 0 Å². The molecule has 0 bridgehead atoms. The van der Waals surface area contributed by atoms with Gasteiger partial charge in [-0.1, -0.05) is 69.9 Å². The molecule has 0 N–H and O–H groups in total. The molecule has 0 saturated carbocycles. The van der Waals surface area contributed by atoms with Crippen LogP contribution in [0.2, 0.25) is 0 Å². The van der Waals surface area contributed by atoms with Gasteiger partial charge in [-0.25, -0.2) is 0 Å². The zero-order valence-electron chi connectivity index (χ0n) is 19.9. The summed E-state index contributed by atoms with van der Waals surface area (Å²) in [5.74, 6) is -0.186. The van der Waals surface area contributed by atoms with E-state index in [1.807, 2.05) is 0 Å². The topological polar surface area (TPSA) is 29.5 Å². The highest BCUT2D eigenvalue weighted by Crippen LogP contribution is 2.35. The number of esters is 1. The van der Waals surface area contributed by atoms with Crippen molar-refractivity contribution in [1.82, 2.24) is 4.90 Å². The molecular formula is C28H41NO2. The lowest BCUT2D eigenvalue weighted by molar-refractivity contribution is -0.147. The number of aryl methyl sites for hydroxylation is 2. The fourth-order valence-electron chi connectivity index (χ4n) is 5.02. The van der Waals surface area contributed by atoms with Gasteiger partial charge in [0.1, 0.15) is 6.10 Å². The van der Waals surface area contributed by atoms with Crippen molar-refractivity contribution in [3.05, 3.63) is 47.0 Å². The van der Waals surface area contributed by atoms with Crippen molar-refractivity contribution >= 4 is 16.7 Å². The molecule has 0 amide bonds. The van der Waals surface area contributed by atoms with Crippen LogP contribution in [0.15, 0.2) is 30.3 Å². The first-order valence-corrected chi connectivity index (χ1v) is 12.6. The number of rotatable bonds is 12. The molecular weight excluding hydrogens is 382 g/mol. The summed E-state index contributed by atoms with van der Waals surface area (Å²) in [6.45, 7) is 9.00. The number of hydrogen-bond donors (Lipinski definition) is 0. The van der Waals surface area contributed by atoms with Crippen LogP contribution in [-0.4, -0.2) is 30.5 Å². The van der Waals surface area contributed by atoms with Gasteiger partial charge in [-0.2, -0.15) is 0 Å². The predicted octanol–water partition coefficient (Wildman–Crippen LogP) is 7.01. The summed E-state index contributed by atoms with van der Waals surface area (Å²) in [5.41, 5.74) is 4.16. The fourth-order valence-corrected chi connectivity index (χ4v) is 5.02. The lowest BCUT2D eigenvalue weighted by Gasteiger charge is -2.30. The van der Waals surface area contributed by atoms with Crippen LogP contribution < -0.4 is 0 Å². The van der Waals surface area contributed by atoms with Crippen molar-refractivity contribution in [2.75, 3.05) is 19.6 Å². The molecule has 0 heterocycles. The van der Waals surface area contributed by atoms with E-state index in [-0.39, 0.29) is 12.1 Å². The Balaban J connectivity index is 1.93. The molecule has 0 unspecified atom stereocenters. The zero-order valence-corrected chi connectivity index (χ0v) is 19.9. The van der Waals surface area contributed by atoms with Crippen molar-refractivity contribution in [1.29, 1.82) is 0 Å². The summed E-state index contributed by atoms with van der Waals surface area (Å²) >= 11 is 0. The lowest BCUT2D eigenvalue weighted by atomic mass is 9.84. The number of fused-ring (bicyclic) bond motifs is 3. The van der Waals surface area contributed by atoms with Gasteiger partial charge in [-0.05, 0) is 73.5 Å². The van der Waals surface area contributed by atoms with Crippen molar-refractivity contribution in [3.8, 4) is 0 Å². The highest BCUT2D eigenvalue weighted by molar-refractivity contribution is 5.90. The van der Waals surface area contributed by atoms with Crippen molar-refractivity contribution in [2.45, 2.75) is 91.1 Å². The highest BCUT2D eigenvalue weighted by Gasteiger charge is 2.24. The van der Waals surface area contributed by atoms with Crippen LogP contribution in [0.25, 0.3) is 10.8 Å². The normalized spacial score (nSPS) is 14.6.